The van der Waals surface area contributed by atoms with Crippen LogP contribution < -0.4 is 0 Å². The molecular formula is C28H24N2S. The minimum atomic E-state index is 0.465. The van der Waals surface area contributed by atoms with Crippen molar-refractivity contribution >= 4 is 21.6 Å². The lowest BCUT2D eigenvalue weighted by Crippen LogP contribution is -1.95. The Kier molecular flexibility index (Phi) is 5.13. The van der Waals surface area contributed by atoms with Crippen LogP contribution in [0.3, 0.4) is 0 Å². The number of hydrogen-bond donors (Lipinski definition) is 0. The number of thiazole rings is 1. The van der Waals surface area contributed by atoms with Gasteiger partial charge in [-0.2, -0.15) is 0 Å². The molecule has 5 rings (SSSR count). The number of rotatable bonds is 4. The molecule has 0 fully saturated rings. The van der Waals surface area contributed by atoms with E-state index in [-0.39, 0.29) is 0 Å². The first-order chi connectivity index (χ1) is 15.1. The molecule has 0 saturated heterocycles. The van der Waals surface area contributed by atoms with Gasteiger partial charge in [0.2, 0.25) is 0 Å². The number of fused-ring (bicyclic) bond motifs is 1. The van der Waals surface area contributed by atoms with Gasteiger partial charge >= 0.3 is 0 Å². The summed E-state index contributed by atoms with van der Waals surface area (Å²) in [6.07, 6.45) is 2.00. The summed E-state index contributed by atoms with van der Waals surface area (Å²) in [6.45, 7) is 6.61. The zero-order valence-electron chi connectivity index (χ0n) is 18.0. The first-order valence-corrected chi connectivity index (χ1v) is 11.4. The summed E-state index contributed by atoms with van der Waals surface area (Å²) in [5.74, 6) is 0.465. The van der Waals surface area contributed by atoms with E-state index in [1.54, 1.807) is 11.3 Å². The van der Waals surface area contributed by atoms with E-state index < -0.39 is 0 Å². The van der Waals surface area contributed by atoms with Crippen molar-refractivity contribution < 1.29 is 0 Å². The summed E-state index contributed by atoms with van der Waals surface area (Å²) >= 11 is 1.74. The van der Waals surface area contributed by atoms with Gasteiger partial charge < -0.3 is 0 Å². The Labute approximate surface area is 187 Å². The maximum absolute atomic E-state index is 5.05. The van der Waals surface area contributed by atoms with Gasteiger partial charge in [0, 0.05) is 22.9 Å². The first kappa shape index (κ1) is 19.7. The number of benzene rings is 3. The lowest BCUT2D eigenvalue weighted by molar-refractivity contribution is 0.852. The number of aromatic nitrogens is 2. The highest BCUT2D eigenvalue weighted by atomic mass is 32.1. The molecule has 0 spiro atoms. The molecule has 0 amide bonds. The second-order valence-electron chi connectivity index (χ2n) is 8.20. The van der Waals surface area contributed by atoms with E-state index in [1.165, 1.54) is 21.4 Å². The quantitative estimate of drug-likeness (QED) is 0.293. The summed E-state index contributed by atoms with van der Waals surface area (Å²) in [4.78, 5) is 9.83. The van der Waals surface area contributed by atoms with E-state index in [0.29, 0.717) is 5.92 Å². The van der Waals surface area contributed by atoms with Crippen molar-refractivity contribution in [2.24, 2.45) is 0 Å². The van der Waals surface area contributed by atoms with Crippen molar-refractivity contribution in [3.63, 3.8) is 0 Å². The van der Waals surface area contributed by atoms with Crippen molar-refractivity contribution in [3.8, 4) is 33.0 Å². The van der Waals surface area contributed by atoms with E-state index in [4.69, 9.17) is 9.97 Å². The van der Waals surface area contributed by atoms with Crippen LogP contribution >= 0.6 is 11.3 Å². The van der Waals surface area contributed by atoms with Crippen LogP contribution in [0.2, 0.25) is 0 Å². The Balaban J connectivity index is 1.75. The fraction of sp³-hybridized carbons (Fsp3) is 0.143. The average molecular weight is 421 g/mol. The molecule has 3 aromatic carbocycles. The molecule has 152 valence electrons. The highest BCUT2D eigenvalue weighted by Crippen LogP contribution is 2.39. The average Bonchev–Trinajstić information content (AvgIpc) is 3.24. The summed E-state index contributed by atoms with van der Waals surface area (Å²) in [5.41, 5.74) is 9.28. The molecule has 0 aliphatic heterocycles. The molecule has 0 saturated carbocycles. The fourth-order valence-electron chi connectivity index (χ4n) is 4.04. The molecule has 3 heteroatoms. The van der Waals surface area contributed by atoms with Crippen molar-refractivity contribution in [1.29, 1.82) is 0 Å². The van der Waals surface area contributed by atoms with Crippen LogP contribution in [0.1, 0.15) is 30.9 Å². The molecule has 5 aromatic rings. The molecule has 0 aliphatic carbocycles. The maximum Gasteiger partial charge on any atom is 0.124 e. The number of nitrogens with zero attached hydrogens (tertiary/aromatic N) is 2. The van der Waals surface area contributed by atoms with Gasteiger partial charge in [-0.1, -0.05) is 74.5 Å². The molecule has 0 unspecified atom stereocenters. The van der Waals surface area contributed by atoms with Gasteiger partial charge in [-0.05, 0) is 47.7 Å². The lowest BCUT2D eigenvalue weighted by Gasteiger charge is -2.12. The highest BCUT2D eigenvalue weighted by Gasteiger charge is 2.15. The molecule has 2 aromatic heterocycles. The van der Waals surface area contributed by atoms with Crippen LogP contribution in [0.25, 0.3) is 43.2 Å². The van der Waals surface area contributed by atoms with Gasteiger partial charge in [0.1, 0.15) is 5.01 Å². The van der Waals surface area contributed by atoms with Crippen LogP contribution in [-0.2, 0) is 0 Å². The number of hydrogen-bond acceptors (Lipinski definition) is 3. The van der Waals surface area contributed by atoms with Gasteiger partial charge in [0.25, 0.3) is 0 Å². The third-order valence-electron chi connectivity index (χ3n) is 5.66. The van der Waals surface area contributed by atoms with E-state index in [0.717, 1.165) is 32.9 Å². The minimum absolute atomic E-state index is 0.465. The standard InChI is InChI=1S/C28H24N2S/c1-18(2)23-16-25(29-17-19(23)3)22-14-24(20-10-6-4-7-11-20)27-26(15-22)31-28(30-27)21-12-8-5-9-13-21/h4-18H,1-3H3. The summed E-state index contributed by atoms with van der Waals surface area (Å²) in [6, 6.07) is 27.7. The molecule has 0 atom stereocenters. The zero-order valence-corrected chi connectivity index (χ0v) is 18.8. The molecule has 31 heavy (non-hydrogen) atoms. The molecule has 0 radical (unpaired) electrons. The number of aryl methyl sites for hydroxylation is 1. The Morgan fingerprint density at radius 3 is 2.13 bits per heavy atom. The summed E-state index contributed by atoms with van der Waals surface area (Å²) in [7, 11) is 0. The third kappa shape index (κ3) is 3.77. The smallest absolute Gasteiger partial charge is 0.124 e. The van der Waals surface area contributed by atoms with Crippen LogP contribution in [0, 0.1) is 6.92 Å². The highest BCUT2D eigenvalue weighted by molar-refractivity contribution is 7.21. The molecular weight excluding hydrogens is 396 g/mol. The van der Waals surface area contributed by atoms with E-state index in [1.807, 2.05) is 12.3 Å². The van der Waals surface area contributed by atoms with E-state index >= 15 is 0 Å². The van der Waals surface area contributed by atoms with Crippen molar-refractivity contribution in [3.05, 3.63) is 96.2 Å². The molecule has 0 bridgehead atoms. The lowest BCUT2D eigenvalue weighted by atomic mass is 9.95. The van der Waals surface area contributed by atoms with Gasteiger partial charge in [-0.15, -0.1) is 11.3 Å². The maximum atomic E-state index is 5.05. The van der Waals surface area contributed by atoms with Crippen molar-refractivity contribution in [1.82, 2.24) is 9.97 Å². The Bertz CT molecular complexity index is 1350. The van der Waals surface area contributed by atoms with Crippen molar-refractivity contribution in [2.45, 2.75) is 26.7 Å². The summed E-state index contributed by atoms with van der Waals surface area (Å²) in [5, 5.41) is 1.05. The normalized spacial score (nSPS) is 11.4. The minimum Gasteiger partial charge on any atom is -0.256 e. The first-order valence-electron chi connectivity index (χ1n) is 10.6. The Hall–Kier alpha value is -3.30. The van der Waals surface area contributed by atoms with Crippen LogP contribution in [0.5, 0.6) is 0 Å². The molecule has 2 nitrogen and oxygen atoms in total. The molecule has 2 heterocycles. The molecule has 0 N–H and O–H groups in total. The van der Waals surface area contributed by atoms with Crippen molar-refractivity contribution in [2.75, 3.05) is 0 Å². The van der Waals surface area contributed by atoms with Crippen LogP contribution in [-0.4, -0.2) is 9.97 Å². The van der Waals surface area contributed by atoms with E-state index in [2.05, 4.69) is 93.6 Å². The monoisotopic (exact) mass is 420 g/mol. The van der Waals surface area contributed by atoms with Gasteiger partial charge in [-0.3, -0.25) is 4.98 Å². The van der Waals surface area contributed by atoms with E-state index in [9.17, 15) is 0 Å². The van der Waals surface area contributed by atoms with Crippen LogP contribution in [0.4, 0.5) is 0 Å². The SMILES string of the molecule is Cc1cnc(-c2cc(-c3ccccc3)c3nc(-c4ccccc4)sc3c2)cc1C(C)C. The summed E-state index contributed by atoms with van der Waals surface area (Å²) < 4.78 is 1.18. The van der Waals surface area contributed by atoms with Gasteiger partial charge in [-0.25, -0.2) is 4.98 Å². The van der Waals surface area contributed by atoms with Gasteiger partial charge in [0.05, 0.1) is 15.9 Å². The second kappa shape index (κ2) is 8.09. The topological polar surface area (TPSA) is 25.8 Å². The number of pyridine rings is 1. The second-order valence-corrected chi connectivity index (χ2v) is 9.23. The molecule has 0 aliphatic rings. The fourth-order valence-corrected chi connectivity index (χ4v) is 5.08. The largest absolute Gasteiger partial charge is 0.256 e. The predicted octanol–water partition coefficient (Wildman–Crippen LogP) is 8.12. The zero-order chi connectivity index (χ0) is 21.4. The van der Waals surface area contributed by atoms with Gasteiger partial charge in [0.15, 0.2) is 0 Å². The Morgan fingerprint density at radius 1 is 0.774 bits per heavy atom. The predicted molar refractivity (Wildman–Crippen MR) is 133 cm³/mol. The Morgan fingerprint density at radius 2 is 1.45 bits per heavy atom. The van der Waals surface area contributed by atoms with Crippen LogP contribution in [0.15, 0.2) is 85.1 Å². The third-order valence-corrected chi connectivity index (χ3v) is 6.71.